The van der Waals surface area contributed by atoms with Crippen molar-refractivity contribution < 1.29 is 9.53 Å². The molecule has 0 bridgehead atoms. The van der Waals surface area contributed by atoms with E-state index in [1.54, 1.807) is 24.2 Å². The normalized spacial score (nSPS) is 10.8. The van der Waals surface area contributed by atoms with E-state index >= 15 is 0 Å². The number of carbonyl (C=O) groups excluding carboxylic acids is 1. The number of hydrogen-bond acceptors (Lipinski definition) is 3. The maximum Gasteiger partial charge on any atom is 0.272 e. The van der Waals surface area contributed by atoms with Crippen LogP contribution in [0.4, 0.5) is 5.69 Å². The average Bonchev–Trinajstić information content (AvgIpc) is 3.28. The van der Waals surface area contributed by atoms with E-state index in [1.165, 1.54) is 0 Å². The molecule has 0 aliphatic rings. The standard InChI is InChI=1S/C19H16N4O2/c1-25-16-8-7-13-9-18(22-17(13)10-16)19(24)21-14-11-20-23(12-14)15-5-3-2-4-6-15/h2-12,22H,1H3,(H,21,24). The Kier molecular flexibility index (Phi) is 3.70. The fourth-order valence-corrected chi connectivity index (χ4v) is 2.66. The number of nitrogens with zero attached hydrogens (tertiary/aromatic N) is 2. The number of H-pyrrole nitrogens is 1. The lowest BCUT2D eigenvalue weighted by atomic mass is 10.2. The van der Waals surface area contributed by atoms with E-state index in [-0.39, 0.29) is 5.91 Å². The Morgan fingerprint density at radius 1 is 1.16 bits per heavy atom. The first kappa shape index (κ1) is 15.0. The predicted octanol–water partition coefficient (Wildman–Crippen LogP) is 3.61. The molecule has 0 aliphatic carbocycles. The van der Waals surface area contributed by atoms with E-state index < -0.39 is 0 Å². The molecule has 0 atom stereocenters. The fraction of sp³-hybridized carbons (Fsp3) is 0.0526. The largest absolute Gasteiger partial charge is 0.497 e. The van der Waals surface area contributed by atoms with Crippen LogP contribution < -0.4 is 10.1 Å². The second kappa shape index (κ2) is 6.16. The summed E-state index contributed by atoms with van der Waals surface area (Å²) in [6, 6.07) is 17.2. The Balaban J connectivity index is 1.55. The third-order valence-corrected chi connectivity index (χ3v) is 3.94. The quantitative estimate of drug-likeness (QED) is 0.599. The lowest BCUT2D eigenvalue weighted by Gasteiger charge is -2.01. The molecule has 0 radical (unpaired) electrons. The van der Waals surface area contributed by atoms with E-state index in [2.05, 4.69) is 15.4 Å². The molecule has 6 heteroatoms. The van der Waals surface area contributed by atoms with Crippen LogP contribution in [0.2, 0.25) is 0 Å². The minimum atomic E-state index is -0.220. The van der Waals surface area contributed by atoms with Crippen molar-refractivity contribution >= 4 is 22.5 Å². The molecule has 25 heavy (non-hydrogen) atoms. The number of nitrogens with one attached hydrogen (secondary N) is 2. The summed E-state index contributed by atoms with van der Waals surface area (Å²) in [5.74, 6) is 0.522. The zero-order valence-corrected chi connectivity index (χ0v) is 13.6. The number of amides is 1. The van der Waals surface area contributed by atoms with E-state index in [9.17, 15) is 4.79 Å². The highest BCUT2D eigenvalue weighted by atomic mass is 16.5. The first-order valence-electron chi connectivity index (χ1n) is 7.81. The number of carbonyl (C=O) groups is 1. The molecule has 2 N–H and O–H groups in total. The molecule has 4 aromatic rings. The number of aromatic nitrogens is 3. The van der Waals surface area contributed by atoms with Gasteiger partial charge in [0.1, 0.15) is 11.4 Å². The number of rotatable bonds is 4. The molecule has 2 aromatic carbocycles. The SMILES string of the molecule is COc1ccc2cc(C(=O)Nc3cnn(-c4ccccc4)c3)[nH]c2c1. The molecule has 124 valence electrons. The number of hydrogen-bond donors (Lipinski definition) is 2. The van der Waals surface area contributed by atoms with Gasteiger partial charge in [-0.25, -0.2) is 4.68 Å². The van der Waals surface area contributed by atoms with Crippen molar-refractivity contribution in [3.63, 3.8) is 0 Å². The monoisotopic (exact) mass is 332 g/mol. The second-order valence-electron chi connectivity index (χ2n) is 5.60. The Morgan fingerprint density at radius 3 is 2.80 bits per heavy atom. The summed E-state index contributed by atoms with van der Waals surface area (Å²) >= 11 is 0. The van der Waals surface area contributed by atoms with Gasteiger partial charge in [0.2, 0.25) is 0 Å². The van der Waals surface area contributed by atoms with Crippen molar-refractivity contribution in [3.8, 4) is 11.4 Å². The summed E-state index contributed by atoms with van der Waals surface area (Å²) in [6.45, 7) is 0. The molecule has 0 unspecified atom stereocenters. The van der Waals surface area contributed by atoms with Gasteiger partial charge < -0.3 is 15.0 Å². The first-order chi connectivity index (χ1) is 12.2. The zero-order chi connectivity index (χ0) is 17.2. The van der Waals surface area contributed by atoms with Gasteiger partial charge in [0, 0.05) is 17.0 Å². The van der Waals surface area contributed by atoms with Gasteiger partial charge in [-0.1, -0.05) is 18.2 Å². The highest BCUT2D eigenvalue weighted by Crippen LogP contribution is 2.22. The average molecular weight is 332 g/mol. The van der Waals surface area contributed by atoms with Crippen LogP contribution in [0.5, 0.6) is 5.75 Å². The molecule has 0 saturated carbocycles. The van der Waals surface area contributed by atoms with Crippen LogP contribution >= 0.6 is 0 Å². The van der Waals surface area contributed by atoms with Crippen molar-refractivity contribution in [2.45, 2.75) is 0 Å². The van der Waals surface area contributed by atoms with Crippen LogP contribution in [0.3, 0.4) is 0 Å². The summed E-state index contributed by atoms with van der Waals surface area (Å²) in [4.78, 5) is 15.6. The third-order valence-electron chi connectivity index (χ3n) is 3.94. The lowest BCUT2D eigenvalue weighted by Crippen LogP contribution is -2.11. The van der Waals surface area contributed by atoms with Gasteiger partial charge in [0.05, 0.1) is 30.9 Å². The van der Waals surface area contributed by atoms with Gasteiger partial charge in [-0.2, -0.15) is 5.10 Å². The molecule has 4 rings (SSSR count). The predicted molar refractivity (Wildman–Crippen MR) is 96.4 cm³/mol. The van der Waals surface area contributed by atoms with Gasteiger partial charge >= 0.3 is 0 Å². The summed E-state index contributed by atoms with van der Waals surface area (Å²) in [6.07, 6.45) is 3.40. The van der Waals surface area contributed by atoms with Crippen molar-refractivity contribution in [1.29, 1.82) is 0 Å². The minimum absolute atomic E-state index is 0.220. The summed E-state index contributed by atoms with van der Waals surface area (Å²) in [5.41, 5.74) is 2.89. The molecular weight excluding hydrogens is 316 g/mol. The Labute approximate surface area is 144 Å². The van der Waals surface area contributed by atoms with Gasteiger partial charge in [0.25, 0.3) is 5.91 Å². The third kappa shape index (κ3) is 2.97. The van der Waals surface area contributed by atoms with E-state index in [1.807, 2.05) is 54.6 Å². The van der Waals surface area contributed by atoms with Crippen LogP contribution in [-0.4, -0.2) is 27.8 Å². The minimum Gasteiger partial charge on any atom is -0.497 e. The van der Waals surface area contributed by atoms with Gasteiger partial charge in [-0.05, 0) is 30.3 Å². The molecule has 6 nitrogen and oxygen atoms in total. The first-order valence-corrected chi connectivity index (χ1v) is 7.81. The Morgan fingerprint density at radius 2 is 2.00 bits per heavy atom. The van der Waals surface area contributed by atoms with Gasteiger partial charge in [-0.15, -0.1) is 0 Å². The lowest BCUT2D eigenvalue weighted by molar-refractivity contribution is 0.102. The molecule has 0 saturated heterocycles. The highest BCUT2D eigenvalue weighted by molar-refractivity contribution is 6.05. The van der Waals surface area contributed by atoms with Crippen LogP contribution in [0.1, 0.15) is 10.5 Å². The van der Waals surface area contributed by atoms with Crippen LogP contribution in [0.15, 0.2) is 67.0 Å². The molecule has 1 amide bonds. The van der Waals surface area contributed by atoms with Crippen LogP contribution in [0, 0.1) is 0 Å². The molecule has 2 heterocycles. The van der Waals surface area contributed by atoms with E-state index in [0.29, 0.717) is 11.4 Å². The number of benzene rings is 2. The van der Waals surface area contributed by atoms with Crippen molar-refractivity contribution in [1.82, 2.24) is 14.8 Å². The number of anilines is 1. The smallest absolute Gasteiger partial charge is 0.272 e. The van der Waals surface area contributed by atoms with Crippen molar-refractivity contribution in [2.24, 2.45) is 0 Å². The zero-order valence-electron chi connectivity index (χ0n) is 13.6. The van der Waals surface area contributed by atoms with Crippen LogP contribution in [-0.2, 0) is 0 Å². The topological polar surface area (TPSA) is 71.9 Å². The molecule has 2 aromatic heterocycles. The van der Waals surface area contributed by atoms with Crippen molar-refractivity contribution in [2.75, 3.05) is 12.4 Å². The van der Waals surface area contributed by atoms with Gasteiger partial charge in [-0.3, -0.25) is 4.79 Å². The van der Waals surface area contributed by atoms with Crippen molar-refractivity contribution in [3.05, 3.63) is 72.7 Å². The summed E-state index contributed by atoms with van der Waals surface area (Å²) < 4.78 is 6.91. The fourth-order valence-electron chi connectivity index (χ4n) is 2.66. The number of fused-ring (bicyclic) bond motifs is 1. The number of ether oxygens (including phenoxy) is 1. The number of methoxy groups -OCH3 is 1. The number of para-hydroxylation sites is 1. The molecule has 0 spiro atoms. The Hall–Kier alpha value is -3.54. The highest BCUT2D eigenvalue weighted by Gasteiger charge is 2.11. The molecule has 0 aliphatic heterocycles. The maximum atomic E-state index is 12.5. The summed E-state index contributed by atoms with van der Waals surface area (Å²) in [7, 11) is 1.61. The second-order valence-corrected chi connectivity index (χ2v) is 5.60. The summed E-state index contributed by atoms with van der Waals surface area (Å²) in [5, 5.41) is 8.08. The maximum absolute atomic E-state index is 12.5. The van der Waals surface area contributed by atoms with E-state index in [4.69, 9.17) is 4.74 Å². The van der Waals surface area contributed by atoms with E-state index in [0.717, 1.165) is 22.3 Å². The molecule has 0 fully saturated rings. The Bertz CT molecular complexity index is 1030. The van der Waals surface area contributed by atoms with Gasteiger partial charge in [0.15, 0.2) is 0 Å². The molecular formula is C19H16N4O2. The number of aromatic amines is 1. The van der Waals surface area contributed by atoms with Crippen LogP contribution in [0.25, 0.3) is 16.6 Å².